The van der Waals surface area contributed by atoms with Gasteiger partial charge in [-0.05, 0) is 42.5 Å². The Balaban J connectivity index is 1.98. The van der Waals surface area contributed by atoms with E-state index in [2.05, 4.69) is 20.9 Å². The van der Waals surface area contributed by atoms with Gasteiger partial charge in [0.05, 0.1) is 15.1 Å². The first-order valence-electron chi connectivity index (χ1n) is 7.57. The molecule has 1 aromatic heterocycles. The lowest BCUT2D eigenvalue weighted by Crippen LogP contribution is -2.22. The average molecular weight is 454 g/mol. The molecule has 26 heavy (non-hydrogen) atoms. The van der Waals surface area contributed by atoms with E-state index in [1.165, 1.54) is 49.7 Å². The number of carbonyl (C=O) groups is 1. The summed E-state index contributed by atoms with van der Waals surface area (Å²) in [4.78, 5) is 17.4. The fraction of sp³-hybridized carbons (Fsp3) is 0.176. The van der Waals surface area contributed by atoms with Crippen LogP contribution in [0.4, 0.5) is 0 Å². The molecule has 0 spiro atoms. The molecule has 0 aliphatic heterocycles. The van der Waals surface area contributed by atoms with Gasteiger partial charge in [0.2, 0.25) is 10.0 Å². The Morgan fingerprint density at radius 2 is 1.81 bits per heavy atom. The summed E-state index contributed by atoms with van der Waals surface area (Å²) < 4.78 is 29.1. The third kappa shape index (κ3) is 3.52. The van der Waals surface area contributed by atoms with Gasteiger partial charge in [0.15, 0.2) is 4.80 Å². The van der Waals surface area contributed by atoms with Crippen molar-refractivity contribution in [1.29, 1.82) is 0 Å². The van der Waals surface area contributed by atoms with Crippen molar-refractivity contribution in [3.63, 3.8) is 0 Å². The molecule has 1 amide bonds. The number of aryl methyl sites for hydroxylation is 1. The van der Waals surface area contributed by atoms with E-state index in [0.29, 0.717) is 10.4 Å². The van der Waals surface area contributed by atoms with E-state index in [4.69, 9.17) is 0 Å². The summed E-state index contributed by atoms with van der Waals surface area (Å²) in [7, 11) is 1.26. The fourth-order valence-electron chi connectivity index (χ4n) is 2.35. The number of aromatic nitrogens is 1. The van der Waals surface area contributed by atoms with Crippen molar-refractivity contribution in [3.8, 4) is 0 Å². The maximum absolute atomic E-state index is 12.5. The fourth-order valence-corrected chi connectivity index (χ4v) is 4.82. The van der Waals surface area contributed by atoms with Gasteiger partial charge in [-0.15, -0.1) is 0 Å². The zero-order valence-electron chi connectivity index (χ0n) is 14.3. The maximum atomic E-state index is 12.5. The molecule has 0 saturated carbocycles. The highest BCUT2D eigenvalue weighted by molar-refractivity contribution is 9.10. The highest BCUT2D eigenvalue weighted by atomic mass is 79.9. The van der Waals surface area contributed by atoms with E-state index in [1.807, 2.05) is 29.8 Å². The molecule has 0 aliphatic rings. The van der Waals surface area contributed by atoms with Crippen molar-refractivity contribution in [2.75, 3.05) is 14.1 Å². The van der Waals surface area contributed by atoms with Crippen molar-refractivity contribution in [1.82, 2.24) is 8.87 Å². The Morgan fingerprint density at radius 3 is 2.42 bits per heavy atom. The predicted octanol–water partition coefficient (Wildman–Crippen LogP) is 2.99. The lowest BCUT2D eigenvalue weighted by molar-refractivity contribution is 0.0998. The third-order valence-electron chi connectivity index (χ3n) is 3.85. The molecule has 0 saturated heterocycles. The van der Waals surface area contributed by atoms with Gasteiger partial charge >= 0.3 is 0 Å². The molecule has 2 aromatic carbocycles. The lowest BCUT2D eigenvalue weighted by atomic mass is 10.2. The summed E-state index contributed by atoms with van der Waals surface area (Å²) in [5.41, 5.74) is 1.32. The van der Waals surface area contributed by atoms with E-state index in [1.54, 1.807) is 0 Å². The quantitative estimate of drug-likeness (QED) is 0.611. The highest BCUT2D eigenvalue weighted by Gasteiger charge is 2.17. The van der Waals surface area contributed by atoms with Gasteiger partial charge in [-0.25, -0.2) is 12.7 Å². The monoisotopic (exact) mass is 453 g/mol. The normalized spacial score (nSPS) is 12.9. The Bertz CT molecular complexity index is 1160. The molecule has 3 rings (SSSR count). The summed E-state index contributed by atoms with van der Waals surface area (Å²) in [5.74, 6) is -0.417. The van der Waals surface area contributed by atoms with Gasteiger partial charge < -0.3 is 4.57 Å². The summed E-state index contributed by atoms with van der Waals surface area (Å²) in [5, 5.41) is 0. The number of fused-ring (bicyclic) bond motifs is 1. The topological polar surface area (TPSA) is 71.7 Å². The number of benzene rings is 2. The first kappa shape index (κ1) is 19.0. The first-order valence-corrected chi connectivity index (χ1v) is 10.6. The van der Waals surface area contributed by atoms with Crippen LogP contribution in [0.3, 0.4) is 0 Å². The number of hydrogen-bond donors (Lipinski definition) is 0. The van der Waals surface area contributed by atoms with Crippen LogP contribution in [0.5, 0.6) is 0 Å². The molecule has 0 unspecified atom stereocenters. The van der Waals surface area contributed by atoms with E-state index in [9.17, 15) is 13.2 Å². The number of sulfonamides is 1. The van der Waals surface area contributed by atoms with Crippen LogP contribution in [0.25, 0.3) is 10.2 Å². The van der Waals surface area contributed by atoms with Crippen LogP contribution in [-0.4, -0.2) is 37.3 Å². The van der Waals surface area contributed by atoms with Crippen LogP contribution in [0.2, 0.25) is 0 Å². The summed E-state index contributed by atoms with van der Waals surface area (Å²) in [6.45, 7) is 0. The first-order chi connectivity index (χ1) is 12.2. The van der Waals surface area contributed by atoms with Crippen LogP contribution >= 0.6 is 27.3 Å². The molecule has 0 radical (unpaired) electrons. The van der Waals surface area contributed by atoms with E-state index >= 15 is 0 Å². The Morgan fingerprint density at radius 1 is 1.15 bits per heavy atom. The van der Waals surface area contributed by atoms with Crippen molar-refractivity contribution in [3.05, 3.63) is 57.3 Å². The van der Waals surface area contributed by atoms with Gasteiger partial charge in [-0.3, -0.25) is 4.79 Å². The second-order valence-electron chi connectivity index (χ2n) is 5.78. The molecule has 3 aromatic rings. The van der Waals surface area contributed by atoms with Gasteiger partial charge in [-0.1, -0.05) is 27.3 Å². The Hall–Kier alpha value is -1.81. The van der Waals surface area contributed by atoms with Crippen molar-refractivity contribution >= 4 is 53.4 Å². The molecule has 0 atom stereocenters. The molecule has 0 fully saturated rings. The Kier molecular flexibility index (Phi) is 5.16. The number of rotatable bonds is 3. The molecular formula is C17H16BrN3O3S2. The minimum absolute atomic E-state index is 0.135. The molecule has 9 heteroatoms. The smallest absolute Gasteiger partial charge is 0.279 e. The molecule has 0 aliphatic carbocycles. The average Bonchev–Trinajstić information content (AvgIpc) is 2.89. The van der Waals surface area contributed by atoms with Crippen molar-refractivity contribution in [2.24, 2.45) is 12.0 Å². The number of hydrogen-bond acceptors (Lipinski definition) is 4. The molecule has 0 bridgehead atoms. The van der Waals surface area contributed by atoms with Crippen molar-refractivity contribution < 1.29 is 13.2 Å². The summed E-state index contributed by atoms with van der Waals surface area (Å²) in [6, 6.07) is 11.7. The van der Waals surface area contributed by atoms with E-state index in [0.717, 1.165) is 19.0 Å². The molecule has 0 N–H and O–H groups in total. The van der Waals surface area contributed by atoms with Crippen LogP contribution in [-0.2, 0) is 17.1 Å². The minimum atomic E-state index is -3.52. The SMILES string of the molecule is CN(C)S(=O)(=O)c1ccc(C(=O)N=c2sc3cc(Br)ccc3n2C)cc1. The van der Waals surface area contributed by atoms with Crippen LogP contribution < -0.4 is 4.80 Å². The Labute approximate surface area is 163 Å². The molecule has 6 nitrogen and oxygen atoms in total. The highest BCUT2D eigenvalue weighted by Crippen LogP contribution is 2.21. The number of nitrogens with zero attached hydrogens (tertiary/aromatic N) is 3. The van der Waals surface area contributed by atoms with E-state index < -0.39 is 15.9 Å². The molecular weight excluding hydrogens is 438 g/mol. The second kappa shape index (κ2) is 7.07. The number of amides is 1. The summed E-state index contributed by atoms with van der Waals surface area (Å²) >= 11 is 4.85. The number of halogens is 1. The second-order valence-corrected chi connectivity index (χ2v) is 9.86. The molecule has 136 valence electrons. The predicted molar refractivity (Wildman–Crippen MR) is 106 cm³/mol. The van der Waals surface area contributed by atoms with Gasteiger partial charge in [0.25, 0.3) is 5.91 Å². The lowest BCUT2D eigenvalue weighted by Gasteiger charge is -2.11. The van der Waals surface area contributed by atoms with Gasteiger partial charge in [0.1, 0.15) is 0 Å². The van der Waals surface area contributed by atoms with Crippen molar-refractivity contribution in [2.45, 2.75) is 4.90 Å². The third-order valence-corrected chi connectivity index (χ3v) is 7.27. The zero-order valence-corrected chi connectivity index (χ0v) is 17.5. The van der Waals surface area contributed by atoms with Crippen LogP contribution in [0.15, 0.2) is 56.8 Å². The number of carbonyl (C=O) groups excluding carboxylic acids is 1. The zero-order chi connectivity index (χ0) is 19.1. The van der Waals surface area contributed by atoms with Crippen LogP contribution in [0.1, 0.15) is 10.4 Å². The largest absolute Gasteiger partial charge is 0.319 e. The maximum Gasteiger partial charge on any atom is 0.279 e. The molecule has 1 heterocycles. The minimum Gasteiger partial charge on any atom is -0.319 e. The van der Waals surface area contributed by atoms with Crippen LogP contribution in [0, 0.1) is 0 Å². The summed E-state index contributed by atoms with van der Waals surface area (Å²) in [6.07, 6.45) is 0. The van der Waals surface area contributed by atoms with Gasteiger partial charge in [-0.2, -0.15) is 4.99 Å². The van der Waals surface area contributed by atoms with E-state index in [-0.39, 0.29) is 4.90 Å². The standard InChI is InChI=1S/C17H16BrN3O3S2/c1-20(2)26(23,24)13-7-4-11(5-8-13)16(22)19-17-21(3)14-9-6-12(18)10-15(14)25-17/h4-10H,1-3H3. The number of thiazole rings is 1. The van der Waals surface area contributed by atoms with Gasteiger partial charge in [0, 0.05) is 31.2 Å².